The van der Waals surface area contributed by atoms with Gasteiger partial charge in [0.2, 0.25) is 5.91 Å². The van der Waals surface area contributed by atoms with E-state index < -0.39 is 133 Å². The van der Waals surface area contributed by atoms with Gasteiger partial charge < -0.3 is 14.4 Å². The molecular formula is C37H40F4N4O2S. The maximum Gasteiger partial charge on any atom is 0.416 e. The lowest BCUT2D eigenvalue weighted by atomic mass is 9.98. The Kier molecular flexibility index (Phi) is 6.63. The zero-order valence-corrected chi connectivity index (χ0v) is 26.9. The molecule has 1 aliphatic carbocycles. The fraction of sp³-hybridized carbons (Fsp3) is 0.378. The average molecular weight is 696 g/mol. The van der Waals surface area contributed by atoms with E-state index in [1.807, 2.05) is 0 Å². The summed E-state index contributed by atoms with van der Waals surface area (Å²) >= 11 is 0.787. The molecule has 1 heterocycles. The van der Waals surface area contributed by atoms with Crippen LogP contribution >= 0.6 is 11.8 Å². The van der Waals surface area contributed by atoms with Crippen LogP contribution in [0.3, 0.4) is 0 Å². The van der Waals surface area contributed by atoms with Gasteiger partial charge in [-0.05, 0) is 85.2 Å². The molecule has 6 nitrogen and oxygen atoms in total. The molecule has 0 N–H and O–H groups in total. The van der Waals surface area contributed by atoms with Crippen LogP contribution in [0.2, 0.25) is 0 Å². The standard InChI is InChI=1S/C37H40F4N4O2S/c1-4-43(5-2)19-20-44(22-26-9-13-28(14-10-26)29-15-18-32(25(3)21-29)37(39,40)41)34(46)23-45-33-8-6-7-31(33)35(47)42-36(45)48-24-27-11-16-30(38)17-12-27/h9-18,21H,4-8,19-20,22-24H2,1-3H3/i4D2,5D2,9D,10D,13D,14D,15D,18D,21D,22D2,23D2. The van der Waals surface area contributed by atoms with E-state index in [0.29, 0.717) is 16.9 Å². The summed E-state index contributed by atoms with van der Waals surface area (Å²) in [6.07, 6.45) is -4.68. The zero-order valence-electron chi connectivity index (χ0n) is 41.1. The van der Waals surface area contributed by atoms with Gasteiger partial charge in [0.1, 0.15) is 12.3 Å². The number of carbonyl (C=O) groups is 1. The summed E-state index contributed by atoms with van der Waals surface area (Å²) in [5, 5.41) is -0.355. The van der Waals surface area contributed by atoms with Gasteiger partial charge in [0.15, 0.2) is 5.16 Å². The summed E-state index contributed by atoms with van der Waals surface area (Å²) in [6.45, 7) is -11.3. The van der Waals surface area contributed by atoms with E-state index in [4.69, 9.17) is 15.1 Å². The topological polar surface area (TPSA) is 58.4 Å². The molecule has 0 saturated heterocycles. The van der Waals surface area contributed by atoms with Gasteiger partial charge in [-0.3, -0.25) is 9.59 Å². The predicted molar refractivity (Wildman–Crippen MR) is 181 cm³/mol. The van der Waals surface area contributed by atoms with Crippen LogP contribution in [0.15, 0.2) is 76.5 Å². The minimum Gasteiger partial charge on any atom is -0.336 e. The van der Waals surface area contributed by atoms with Crippen molar-refractivity contribution >= 4 is 17.7 Å². The molecule has 48 heavy (non-hydrogen) atoms. The maximum atomic E-state index is 15.0. The zero-order chi connectivity index (χ0) is 47.7. The van der Waals surface area contributed by atoms with E-state index in [1.165, 1.54) is 12.1 Å². The summed E-state index contributed by atoms with van der Waals surface area (Å²) in [6, 6.07) is -3.60. The highest BCUT2D eigenvalue weighted by Crippen LogP contribution is 2.34. The van der Waals surface area contributed by atoms with Crippen molar-refractivity contribution < 1.29 is 42.9 Å². The van der Waals surface area contributed by atoms with E-state index >= 15 is 0 Å². The van der Waals surface area contributed by atoms with Crippen molar-refractivity contribution in [1.82, 2.24) is 19.4 Å². The molecule has 0 unspecified atom stereocenters. The Labute approximate surface area is 303 Å². The number of likely N-dealkylation sites (N-methyl/N-ethyl adjacent to an activating group) is 1. The normalized spacial score (nSPS) is 18.5. The van der Waals surface area contributed by atoms with Crippen LogP contribution in [0.5, 0.6) is 0 Å². The molecule has 4 aromatic rings. The molecule has 5 rings (SSSR count). The van der Waals surface area contributed by atoms with Crippen LogP contribution in [0.1, 0.15) is 74.3 Å². The molecule has 3 aromatic carbocycles. The summed E-state index contributed by atoms with van der Waals surface area (Å²) in [7, 11) is 0. The van der Waals surface area contributed by atoms with Crippen molar-refractivity contribution in [2.45, 2.75) is 70.1 Å². The smallest absolute Gasteiger partial charge is 0.336 e. The highest BCUT2D eigenvalue weighted by molar-refractivity contribution is 7.98. The van der Waals surface area contributed by atoms with Crippen molar-refractivity contribution in [3.8, 4) is 11.1 Å². The summed E-state index contributed by atoms with van der Waals surface area (Å²) in [5.74, 6) is -2.36. The lowest BCUT2D eigenvalue weighted by Crippen LogP contribution is -2.40. The van der Waals surface area contributed by atoms with Crippen molar-refractivity contribution in [2.75, 3.05) is 26.1 Å². The molecule has 0 atom stereocenters. The number of carbonyl (C=O) groups excluding carboxylic acids is 1. The molecule has 254 valence electrons. The first kappa shape index (κ1) is 20.5. The van der Waals surface area contributed by atoms with E-state index in [1.54, 1.807) is 0 Å². The number of hydrogen-bond donors (Lipinski definition) is 0. The monoisotopic (exact) mass is 695 g/mol. The summed E-state index contributed by atoms with van der Waals surface area (Å²) in [5.41, 5.74) is -5.74. The Morgan fingerprint density at radius 2 is 1.69 bits per heavy atom. The number of nitrogens with zero attached hydrogens (tertiary/aromatic N) is 4. The molecule has 0 bridgehead atoms. The van der Waals surface area contributed by atoms with Crippen LogP contribution in [-0.4, -0.2) is 51.3 Å². The van der Waals surface area contributed by atoms with Crippen molar-refractivity contribution in [3.05, 3.63) is 116 Å². The van der Waals surface area contributed by atoms with Gasteiger partial charge in [-0.2, -0.15) is 18.2 Å². The second-order valence-corrected chi connectivity index (χ2v) is 11.4. The highest BCUT2D eigenvalue weighted by Gasteiger charge is 2.32. The predicted octanol–water partition coefficient (Wildman–Crippen LogP) is 7.53. The van der Waals surface area contributed by atoms with Gasteiger partial charge >= 0.3 is 6.18 Å². The third-order valence-electron chi connectivity index (χ3n) is 7.33. The molecule has 0 spiro atoms. The van der Waals surface area contributed by atoms with Gasteiger partial charge in [-0.25, -0.2) is 4.39 Å². The van der Waals surface area contributed by atoms with Crippen LogP contribution in [0, 0.1) is 12.7 Å². The minimum absolute atomic E-state index is 0.0258. The Balaban J connectivity index is 1.75. The number of alkyl halides is 3. The van der Waals surface area contributed by atoms with Gasteiger partial charge in [-0.1, -0.05) is 74.0 Å². The average Bonchev–Trinajstić information content (AvgIpc) is 3.64. The van der Waals surface area contributed by atoms with Crippen LogP contribution in [0.4, 0.5) is 17.6 Å². The van der Waals surface area contributed by atoms with Crippen LogP contribution in [-0.2, 0) is 42.6 Å². The summed E-state index contributed by atoms with van der Waals surface area (Å²) < 4.78 is 187. The Morgan fingerprint density at radius 3 is 2.35 bits per heavy atom. The molecule has 0 radical (unpaired) electrons. The SMILES string of the molecule is [2H]c1c([2H])c(C([2H])([2H])N(CCN(C([2H])([2H])C)C([2H])([2H])C)C(=O)C([2H])([2H])n2c(SCc3ccc(F)cc3)nc(=O)c3c2CCC3)c([2H])c([2H])c1-c1c([2H])c([2H])c(C(F)(F)F)c(C)c1[2H]. The first-order valence-corrected chi connectivity index (χ1v) is 15.7. The highest BCUT2D eigenvalue weighted by atomic mass is 32.2. The van der Waals surface area contributed by atoms with Crippen molar-refractivity contribution in [1.29, 1.82) is 0 Å². The fourth-order valence-corrected chi connectivity index (χ4v) is 5.82. The van der Waals surface area contributed by atoms with Crippen molar-refractivity contribution in [2.24, 2.45) is 0 Å². The van der Waals surface area contributed by atoms with Gasteiger partial charge in [0.05, 0.1) is 20.6 Å². The number of thioether (sulfide) groups is 1. The van der Waals surface area contributed by atoms with Gasteiger partial charge in [0, 0.05) is 42.1 Å². The third-order valence-corrected chi connectivity index (χ3v) is 8.34. The first-order chi connectivity index (χ1) is 28.8. The number of aromatic nitrogens is 2. The summed E-state index contributed by atoms with van der Waals surface area (Å²) in [4.78, 5) is 32.9. The maximum absolute atomic E-state index is 15.0. The lowest BCUT2D eigenvalue weighted by Gasteiger charge is -2.28. The van der Waals surface area contributed by atoms with Gasteiger partial charge in [-0.15, -0.1) is 0 Å². The number of amides is 1. The first-order valence-electron chi connectivity index (χ1n) is 22.2. The number of rotatable bonds is 13. The van der Waals surface area contributed by atoms with Gasteiger partial charge in [0.25, 0.3) is 5.56 Å². The number of halogens is 4. The van der Waals surface area contributed by atoms with Crippen LogP contribution in [0.25, 0.3) is 11.1 Å². The molecule has 0 fully saturated rings. The van der Waals surface area contributed by atoms with E-state index in [0.717, 1.165) is 49.2 Å². The molecule has 0 saturated carbocycles. The number of benzene rings is 3. The largest absolute Gasteiger partial charge is 0.416 e. The molecule has 1 aromatic heterocycles. The second kappa shape index (κ2) is 15.5. The quantitative estimate of drug-likeness (QED) is 0.0823. The molecule has 1 aliphatic rings. The molecule has 1 amide bonds. The van der Waals surface area contributed by atoms with Crippen molar-refractivity contribution in [3.63, 3.8) is 0 Å². The minimum atomic E-state index is -5.20. The molecular weight excluding hydrogens is 640 g/mol. The Bertz CT molecular complexity index is 2460. The number of hydrogen-bond acceptors (Lipinski definition) is 5. The van der Waals surface area contributed by atoms with E-state index in [-0.39, 0.29) is 39.9 Å². The van der Waals surface area contributed by atoms with Crippen LogP contribution < -0.4 is 5.56 Å². The van der Waals surface area contributed by atoms with E-state index in [9.17, 15) is 32.6 Å². The lowest BCUT2D eigenvalue weighted by molar-refractivity contribution is -0.138. The number of fused-ring (bicyclic) bond motifs is 1. The third kappa shape index (κ3) is 8.54. The second-order valence-electron chi connectivity index (χ2n) is 10.5. The molecule has 11 heteroatoms. The fourth-order valence-electron chi connectivity index (χ4n) is 4.90. The Hall–Kier alpha value is -3.96. The molecule has 0 aliphatic heterocycles. The van der Waals surface area contributed by atoms with E-state index in [2.05, 4.69) is 4.98 Å². The Morgan fingerprint density at radius 1 is 1.00 bits per heavy atom.